The molecule has 4 amide bonds. The summed E-state index contributed by atoms with van der Waals surface area (Å²) in [7, 11) is 0. The minimum Gasteiger partial charge on any atom is -0.368 e. The molecular formula is C26H31ClN4O3. The summed E-state index contributed by atoms with van der Waals surface area (Å²) >= 11 is 6.09. The summed E-state index contributed by atoms with van der Waals surface area (Å²) in [6.45, 7) is 10.1. The van der Waals surface area contributed by atoms with Crippen molar-refractivity contribution in [3.05, 3.63) is 64.7 Å². The van der Waals surface area contributed by atoms with Gasteiger partial charge in [0.15, 0.2) is 0 Å². The molecule has 0 bridgehead atoms. The van der Waals surface area contributed by atoms with Crippen molar-refractivity contribution in [1.29, 1.82) is 0 Å². The van der Waals surface area contributed by atoms with E-state index in [4.69, 9.17) is 11.6 Å². The normalized spacial score (nSPS) is 21.1. The fourth-order valence-corrected chi connectivity index (χ4v) is 4.65. The maximum Gasteiger partial charge on any atom is 0.325 e. The van der Waals surface area contributed by atoms with Crippen LogP contribution in [0.5, 0.6) is 0 Å². The number of nitrogens with one attached hydrogen (secondary N) is 1. The van der Waals surface area contributed by atoms with E-state index in [2.05, 4.69) is 31.0 Å². The topological polar surface area (TPSA) is 73.0 Å². The molecule has 2 aliphatic heterocycles. The summed E-state index contributed by atoms with van der Waals surface area (Å²) < 4.78 is 0. The Hall–Kier alpha value is -3.06. The van der Waals surface area contributed by atoms with Gasteiger partial charge in [-0.2, -0.15) is 0 Å². The van der Waals surface area contributed by atoms with Gasteiger partial charge < -0.3 is 15.1 Å². The molecular weight excluding hydrogens is 452 g/mol. The SMILES string of the molecule is CC(C)(C)c1ccc(C2(C)NC(=O)N(CC(=O)N3CCN(c4cccc(Cl)c4)CC3)C2=O)cc1. The number of urea groups is 1. The molecule has 2 aromatic carbocycles. The highest BCUT2D eigenvalue weighted by molar-refractivity contribution is 6.30. The lowest BCUT2D eigenvalue weighted by Crippen LogP contribution is -2.52. The number of carbonyl (C=O) groups excluding carboxylic acids is 3. The third-order valence-electron chi connectivity index (χ3n) is 6.70. The van der Waals surface area contributed by atoms with Crippen molar-refractivity contribution in [2.45, 2.75) is 38.6 Å². The molecule has 0 saturated carbocycles. The molecule has 2 fully saturated rings. The lowest BCUT2D eigenvalue weighted by atomic mass is 9.84. The van der Waals surface area contributed by atoms with Crippen LogP contribution in [0.25, 0.3) is 0 Å². The second-order valence-electron chi connectivity index (χ2n) is 10.1. The molecule has 4 rings (SSSR count). The van der Waals surface area contributed by atoms with Crippen LogP contribution in [0, 0.1) is 0 Å². The summed E-state index contributed by atoms with van der Waals surface area (Å²) in [5.41, 5.74) is 1.64. The molecule has 0 aromatic heterocycles. The quantitative estimate of drug-likeness (QED) is 0.673. The first-order valence-electron chi connectivity index (χ1n) is 11.5. The lowest BCUT2D eigenvalue weighted by molar-refractivity contribution is -0.139. The molecule has 0 aliphatic carbocycles. The molecule has 2 saturated heterocycles. The lowest BCUT2D eigenvalue weighted by Gasteiger charge is -2.36. The van der Waals surface area contributed by atoms with Crippen LogP contribution in [-0.4, -0.2) is 60.4 Å². The smallest absolute Gasteiger partial charge is 0.325 e. The summed E-state index contributed by atoms with van der Waals surface area (Å²) in [6.07, 6.45) is 0. The second kappa shape index (κ2) is 8.95. The molecule has 34 heavy (non-hydrogen) atoms. The highest BCUT2D eigenvalue weighted by Gasteiger charge is 2.49. The van der Waals surface area contributed by atoms with Crippen LogP contribution in [0.2, 0.25) is 5.02 Å². The van der Waals surface area contributed by atoms with Crippen LogP contribution < -0.4 is 10.2 Å². The number of halogens is 1. The van der Waals surface area contributed by atoms with Crippen molar-refractivity contribution in [3.63, 3.8) is 0 Å². The number of anilines is 1. The van der Waals surface area contributed by atoms with E-state index in [0.29, 0.717) is 36.8 Å². The van der Waals surface area contributed by atoms with E-state index in [9.17, 15) is 14.4 Å². The van der Waals surface area contributed by atoms with Crippen LogP contribution in [0.15, 0.2) is 48.5 Å². The van der Waals surface area contributed by atoms with Gasteiger partial charge in [0.05, 0.1) is 0 Å². The fourth-order valence-electron chi connectivity index (χ4n) is 4.46. The molecule has 2 aliphatic rings. The van der Waals surface area contributed by atoms with E-state index in [1.165, 1.54) is 0 Å². The number of imide groups is 1. The first kappa shape index (κ1) is 24.1. The number of benzene rings is 2. The van der Waals surface area contributed by atoms with Crippen molar-refractivity contribution in [2.75, 3.05) is 37.6 Å². The minimum atomic E-state index is -1.20. The highest BCUT2D eigenvalue weighted by atomic mass is 35.5. The van der Waals surface area contributed by atoms with E-state index in [-0.39, 0.29) is 17.9 Å². The van der Waals surface area contributed by atoms with Gasteiger partial charge in [-0.15, -0.1) is 0 Å². The number of carbonyl (C=O) groups is 3. The summed E-state index contributed by atoms with van der Waals surface area (Å²) in [6, 6.07) is 14.8. The van der Waals surface area contributed by atoms with Gasteiger partial charge in [0.2, 0.25) is 5.91 Å². The number of hydrogen-bond donors (Lipinski definition) is 1. The summed E-state index contributed by atoms with van der Waals surface area (Å²) in [5, 5.41) is 3.46. The number of hydrogen-bond acceptors (Lipinski definition) is 4. The molecule has 1 atom stereocenters. The van der Waals surface area contributed by atoms with E-state index >= 15 is 0 Å². The zero-order chi connectivity index (χ0) is 24.7. The van der Waals surface area contributed by atoms with Gasteiger partial charge in [0, 0.05) is 36.9 Å². The number of nitrogens with zero attached hydrogens (tertiary/aromatic N) is 3. The zero-order valence-corrected chi connectivity index (χ0v) is 20.9. The standard InChI is InChI=1S/C26H31ClN4O3/c1-25(2,3)18-8-10-19(11-9-18)26(4)23(33)31(24(34)28-26)17-22(32)30-14-12-29(13-15-30)21-7-5-6-20(27)16-21/h5-11,16H,12-15,17H2,1-4H3,(H,28,34). The third-order valence-corrected chi connectivity index (χ3v) is 6.94. The van der Waals surface area contributed by atoms with E-state index in [0.717, 1.165) is 16.2 Å². The Morgan fingerprint density at radius 1 is 1.03 bits per heavy atom. The van der Waals surface area contributed by atoms with Crippen molar-refractivity contribution in [3.8, 4) is 0 Å². The number of amides is 4. The van der Waals surface area contributed by atoms with Crippen molar-refractivity contribution in [1.82, 2.24) is 15.1 Å². The molecule has 0 radical (unpaired) electrons. The van der Waals surface area contributed by atoms with Gasteiger partial charge in [-0.05, 0) is 41.7 Å². The molecule has 1 unspecified atom stereocenters. The predicted octanol–water partition coefficient (Wildman–Crippen LogP) is 3.75. The van der Waals surface area contributed by atoms with Crippen LogP contribution in [0.1, 0.15) is 38.8 Å². The van der Waals surface area contributed by atoms with Gasteiger partial charge in [0.25, 0.3) is 5.91 Å². The average Bonchev–Trinajstić information content (AvgIpc) is 3.02. The summed E-state index contributed by atoms with van der Waals surface area (Å²) in [5.74, 6) is -0.645. The van der Waals surface area contributed by atoms with Crippen LogP contribution >= 0.6 is 11.6 Å². The van der Waals surface area contributed by atoms with Crippen molar-refractivity contribution < 1.29 is 14.4 Å². The molecule has 2 aromatic rings. The molecule has 2 heterocycles. The fraction of sp³-hybridized carbons (Fsp3) is 0.423. The molecule has 0 spiro atoms. The van der Waals surface area contributed by atoms with Gasteiger partial charge in [-0.25, -0.2) is 4.79 Å². The maximum absolute atomic E-state index is 13.3. The first-order chi connectivity index (χ1) is 16.0. The van der Waals surface area contributed by atoms with Crippen molar-refractivity contribution in [2.24, 2.45) is 0 Å². The Kier molecular flexibility index (Phi) is 6.34. The monoisotopic (exact) mass is 482 g/mol. The van der Waals surface area contributed by atoms with E-state index in [1.807, 2.05) is 48.5 Å². The predicted molar refractivity (Wildman–Crippen MR) is 133 cm³/mol. The molecule has 180 valence electrons. The van der Waals surface area contributed by atoms with Gasteiger partial charge in [-0.1, -0.05) is 62.7 Å². The molecule has 7 nitrogen and oxygen atoms in total. The zero-order valence-electron chi connectivity index (χ0n) is 20.1. The van der Waals surface area contributed by atoms with Crippen LogP contribution in [0.3, 0.4) is 0 Å². The van der Waals surface area contributed by atoms with Gasteiger partial charge >= 0.3 is 6.03 Å². The Labute approximate surface area is 205 Å². The minimum absolute atomic E-state index is 0.0163. The van der Waals surface area contributed by atoms with E-state index < -0.39 is 17.5 Å². The Morgan fingerprint density at radius 2 is 1.68 bits per heavy atom. The first-order valence-corrected chi connectivity index (χ1v) is 11.9. The van der Waals surface area contributed by atoms with Crippen LogP contribution in [-0.2, 0) is 20.5 Å². The van der Waals surface area contributed by atoms with E-state index in [1.54, 1.807) is 11.8 Å². The maximum atomic E-state index is 13.3. The van der Waals surface area contributed by atoms with Crippen LogP contribution in [0.4, 0.5) is 10.5 Å². The number of rotatable bonds is 4. The Balaban J connectivity index is 1.40. The second-order valence-corrected chi connectivity index (χ2v) is 10.6. The Morgan fingerprint density at radius 3 is 2.26 bits per heavy atom. The Bertz CT molecular complexity index is 1100. The van der Waals surface area contributed by atoms with Gasteiger partial charge in [-0.3, -0.25) is 14.5 Å². The molecule has 8 heteroatoms. The summed E-state index contributed by atoms with van der Waals surface area (Å²) in [4.78, 5) is 43.8. The largest absolute Gasteiger partial charge is 0.368 e. The highest BCUT2D eigenvalue weighted by Crippen LogP contribution is 2.31. The molecule has 1 N–H and O–H groups in total. The average molecular weight is 483 g/mol. The van der Waals surface area contributed by atoms with Gasteiger partial charge in [0.1, 0.15) is 12.1 Å². The third kappa shape index (κ3) is 4.62. The van der Waals surface area contributed by atoms with Crippen molar-refractivity contribution >= 4 is 35.1 Å². The number of piperazine rings is 1.